The molecule has 4 nitrogen and oxygen atoms in total. The molecule has 1 N–H and O–H groups in total. The van der Waals surface area contributed by atoms with Crippen LogP contribution in [0, 0.1) is 5.92 Å². The molecule has 202 valence electrons. The number of amides is 2. The predicted octanol–water partition coefficient (Wildman–Crippen LogP) is 7.93. The van der Waals surface area contributed by atoms with Crippen molar-refractivity contribution in [2.45, 2.75) is 50.6 Å². The van der Waals surface area contributed by atoms with Gasteiger partial charge in [0, 0.05) is 35.8 Å². The van der Waals surface area contributed by atoms with Crippen LogP contribution in [0.25, 0.3) is 0 Å². The van der Waals surface area contributed by atoms with Gasteiger partial charge >= 0.3 is 0 Å². The van der Waals surface area contributed by atoms with Gasteiger partial charge in [0.05, 0.1) is 10.0 Å². The third-order valence-corrected chi connectivity index (χ3v) is 8.00. The maximum Gasteiger partial charge on any atom is 0.243 e. The van der Waals surface area contributed by atoms with E-state index in [2.05, 4.69) is 5.32 Å². The molecule has 0 saturated carbocycles. The molecule has 0 fully saturated rings. The Kier molecular flexibility index (Phi) is 12.3. The fourth-order valence-corrected chi connectivity index (χ4v) is 5.20. The van der Waals surface area contributed by atoms with Crippen LogP contribution in [0.1, 0.15) is 37.8 Å². The first-order chi connectivity index (χ1) is 18.2. The van der Waals surface area contributed by atoms with Crippen LogP contribution in [-0.2, 0) is 22.6 Å². The van der Waals surface area contributed by atoms with Gasteiger partial charge in [0.15, 0.2) is 0 Å². The highest BCUT2D eigenvalue weighted by molar-refractivity contribution is 7.99. The number of rotatable bonds is 13. The normalized spacial score (nSPS) is 11.8. The van der Waals surface area contributed by atoms with E-state index in [1.165, 1.54) is 0 Å². The number of carbonyl (C=O) groups is 2. The molecule has 0 heterocycles. The second kappa shape index (κ2) is 15.4. The molecule has 1 atom stereocenters. The molecule has 0 bridgehead atoms. The number of nitrogens with zero attached hydrogens (tertiary/aromatic N) is 1. The Morgan fingerprint density at radius 1 is 0.895 bits per heavy atom. The Labute approximate surface area is 245 Å². The van der Waals surface area contributed by atoms with E-state index < -0.39 is 6.04 Å². The Morgan fingerprint density at radius 2 is 1.61 bits per heavy atom. The summed E-state index contributed by atoms with van der Waals surface area (Å²) in [7, 11) is 0. The molecule has 0 saturated heterocycles. The molecule has 3 rings (SSSR count). The molecule has 2 amide bonds. The summed E-state index contributed by atoms with van der Waals surface area (Å²) < 4.78 is 0. The summed E-state index contributed by atoms with van der Waals surface area (Å²) >= 11 is 20.1. The molecular formula is C30H33Cl3N2O2S. The van der Waals surface area contributed by atoms with Gasteiger partial charge in [-0.1, -0.05) is 85.0 Å². The van der Waals surface area contributed by atoms with Crippen molar-refractivity contribution in [3.63, 3.8) is 0 Å². The molecule has 0 aliphatic carbocycles. The summed E-state index contributed by atoms with van der Waals surface area (Å²) in [6, 6.07) is 22.1. The zero-order valence-electron chi connectivity index (χ0n) is 21.6. The molecule has 0 radical (unpaired) electrons. The predicted molar refractivity (Wildman–Crippen MR) is 160 cm³/mol. The van der Waals surface area contributed by atoms with E-state index in [0.29, 0.717) is 46.8 Å². The lowest BCUT2D eigenvalue weighted by molar-refractivity contribution is -0.141. The van der Waals surface area contributed by atoms with Gasteiger partial charge in [0.25, 0.3) is 0 Å². The number of halogens is 3. The SMILES string of the molecule is CC(C)CNC(=O)[C@@H](Cc1ccccc1)N(Cc1ccc(Cl)c(Cl)c1)C(=O)CCCSc1ccc(Cl)cc1. The van der Waals surface area contributed by atoms with Crippen molar-refractivity contribution in [3.8, 4) is 0 Å². The van der Waals surface area contributed by atoms with E-state index in [9.17, 15) is 9.59 Å². The Bertz CT molecular complexity index is 1190. The smallest absolute Gasteiger partial charge is 0.243 e. The van der Waals surface area contributed by atoms with Gasteiger partial charge in [0.2, 0.25) is 11.8 Å². The summed E-state index contributed by atoms with van der Waals surface area (Å²) in [6.45, 7) is 4.89. The minimum absolute atomic E-state index is 0.0755. The topological polar surface area (TPSA) is 49.4 Å². The van der Waals surface area contributed by atoms with E-state index >= 15 is 0 Å². The van der Waals surface area contributed by atoms with Crippen LogP contribution in [0.4, 0.5) is 0 Å². The third kappa shape index (κ3) is 9.85. The fraction of sp³-hybridized carbons (Fsp3) is 0.333. The van der Waals surface area contributed by atoms with Gasteiger partial charge in [-0.15, -0.1) is 11.8 Å². The van der Waals surface area contributed by atoms with Crippen molar-refractivity contribution in [1.82, 2.24) is 10.2 Å². The average Bonchev–Trinajstić information content (AvgIpc) is 2.90. The molecule has 0 aliphatic heterocycles. The first-order valence-corrected chi connectivity index (χ1v) is 14.8. The van der Waals surface area contributed by atoms with Crippen molar-refractivity contribution in [3.05, 3.63) is 99.0 Å². The lowest BCUT2D eigenvalue weighted by Gasteiger charge is -2.32. The van der Waals surface area contributed by atoms with Crippen LogP contribution >= 0.6 is 46.6 Å². The second-order valence-electron chi connectivity index (χ2n) is 9.52. The van der Waals surface area contributed by atoms with Crippen LogP contribution in [0.5, 0.6) is 0 Å². The van der Waals surface area contributed by atoms with Crippen molar-refractivity contribution in [2.75, 3.05) is 12.3 Å². The van der Waals surface area contributed by atoms with E-state index in [0.717, 1.165) is 21.8 Å². The molecule has 0 spiro atoms. The summed E-state index contributed by atoms with van der Waals surface area (Å²) in [4.78, 5) is 30.0. The molecule has 0 aromatic heterocycles. The zero-order chi connectivity index (χ0) is 27.5. The quantitative estimate of drug-likeness (QED) is 0.162. The van der Waals surface area contributed by atoms with Gasteiger partial charge in [-0.3, -0.25) is 9.59 Å². The van der Waals surface area contributed by atoms with E-state index in [1.807, 2.05) is 74.5 Å². The summed E-state index contributed by atoms with van der Waals surface area (Å²) in [5.41, 5.74) is 1.81. The van der Waals surface area contributed by atoms with E-state index in [1.54, 1.807) is 28.8 Å². The highest BCUT2D eigenvalue weighted by atomic mass is 35.5. The Balaban J connectivity index is 1.80. The highest BCUT2D eigenvalue weighted by Gasteiger charge is 2.30. The summed E-state index contributed by atoms with van der Waals surface area (Å²) in [5.74, 6) is 0.831. The number of thioether (sulfide) groups is 1. The number of benzene rings is 3. The van der Waals surface area contributed by atoms with E-state index in [-0.39, 0.29) is 18.4 Å². The maximum absolute atomic E-state index is 13.7. The van der Waals surface area contributed by atoms with Gasteiger partial charge in [-0.2, -0.15) is 0 Å². The molecular weight excluding hydrogens is 559 g/mol. The minimum atomic E-state index is -0.665. The standard InChI is InChI=1S/C30H33Cl3N2O2S/c1-21(2)19-34-30(37)28(18-22-7-4-3-5-8-22)35(20-23-10-15-26(32)27(33)17-23)29(36)9-6-16-38-25-13-11-24(31)12-14-25/h3-5,7-8,10-15,17,21,28H,6,9,16,18-20H2,1-2H3,(H,34,37)/t28-/m1/s1. The van der Waals surface area contributed by atoms with Crippen LogP contribution < -0.4 is 5.32 Å². The van der Waals surface area contributed by atoms with Gasteiger partial charge in [-0.25, -0.2) is 0 Å². The Morgan fingerprint density at radius 3 is 2.26 bits per heavy atom. The molecule has 38 heavy (non-hydrogen) atoms. The molecule has 0 unspecified atom stereocenters. The molecule has 8 heteroatoms. The van der Waals surface area contributed by atoms with Crippen molar-refractivity contribution >= 4 is 58.4 Å². The number of carbonyl (C=O) groups excluding carboxylic acids is 2. The van der Waals surface area contributed by atoms with E-state index in [4.69, 9.17) is 34.8 Å². The molecule has 3 aromatic carbocycles. The second-order valence-corrected chi connectivity index (χ2v) is 11.9. The maximum atomic E-state index is 13.7. The summed E-state index contributed by atoms with van der Waals surface area (Å²) in [5, 5.41) is 4.60. The fourth-order valence-electron chi connectivity index (χ4n) is 3.90. The largest absolute Gasteiger partial charge is 0.354 e. The third-order valence-electron chi connectivity index (χ3n) is 5.91. The first-order valence-electron chi connectivity index (χ1n) is 12.7. The lowest BCUT2D eigenvalue weighted by Crippen LogP contribution is -2.51. The number of hydrogen-bond donors (Lipinski definition) is 1. The van der Waals surface area contributed by atoms with Crippen molar-refractivity contribution in [2.24, 2.45) is 5.92 Å². The average molecular weight is 592 g/mol. The van der Waals surface area contributed by atoms with Gasteiger partial charge in [0.1, 0.15) is 6.04 Å². The monoisotopic (exact) mass is 590 g/mol. The minimum Gasteiger partial charge on any atom is -0.354 e. The highest BCUT2D eigenvalue weighted by Crippen LogP contribution is 2.25. The lowest BCUT2D eigenvalue weighted by atomic mass is 10.0. The van der Waals surface area contributed by atoms with Crippen LogP contribution in [0.2, 0.25) is 15.1 Å². The van der Waals surface area contributed by atoms with Gasteiger partial charge < -0.3 is 10.2 Å². The van der Waals surface area contributed by atoms with Gasteiger partial charge in [-0.05, 0) is 65.6 Å². The van der Waals surface area contributed by atoms with Crippen molar-refractivity contribution < 1.29 is 9.59 Å². The van der Waals surface area contributed by atoms with Crippen molar-refractivity contribution in [1.29, 1.82) is 0 Å². The molecule has 0 aliphatic rings. The summed E-state index contributed by atoms with van der Waals surface area (Å²) in [6.07, 6.45) is 1.41. The van der Waals surface area contributed by atoms with Crippen LogP contribution in [0.3, 0.4) is 0 Å². The first kappa shape index (κ1) is 30.4. The van der Waals surface area contributed by atoms with Crippen LogP contribution in [0.15, 0.2) is 77.7 Å². The molecule has 3 aromatic rings. The zero-order valence-corrected chi connectivity index (χ0v) is 24.7. The Hall–Kier alpha value is -2.18. The number of hydrogen-bond acceptors (Lipinski definition) is 3. The number of nitrogens with one attached hydrogen (secondary N) is 1. The van der Waals surface area contributed by atoms with Crippen LogP contribution in [-0.4, -0.2) is 35.1 Å².